The molecule has 1 saturated carbocycles. The molecule has 0 unspecified atom stereocenters. The minimum atomic E-state index is -3.52. The van der Waals surface area contributed by atoms with Crippen molar-refractivity contribution in [2.75, 3.05) is 11.4 Å². The summed E-state index contributed by atoms with van der Waals surface area (Å²) in [6, 6.07) is 8.26. The number of aromatic nitrogens is 2. The van der Waals surface area contributed by atoms with E-state index in [1.54, 1.807) is 0 Å². The number of anilines is 2. The Hall–Kier alpha value is -1.89. The predicted octanol–water partition coefficient (Wildman–Crippen LogP) is 2.87. The molecule has 122 valence electrons. The fourth-order valence-corrected chi connectivity index (χ4v) is 5.07. The van der Waals surface area contributed by atoms with Gasteiger partial charge in [0.15, 0.2) is 0 Å². The Morgan fingerprint density at radius 2 is 1.87 bits per heavy atom. The number of nitrogens with zero attached hydrogens (tertiary/aromatic N) is 3. The van der Waals surface area contributed by atoms with Gasteiger partial charge in [0, 0.05) is 12.2 Å². The molecule has 1 aliphatic carbocycles. The Morgan fingerprint density at radius 1 is 1.09 bits per heavy atom. The SMILES string of the molecule is O=S(=O)(c1nnc(N2CCc3ccccc32)o1)C1CCCCC1. The number of hydrogen-bond donors (Lipinski definition) is 0. The second-order valence-corrected chi connectivity index (χ2v) is 8.29. The average Bonchev–Trinajstić information content (AvgIpc) is 3.22. The van der Waals surface area contributed by atoms with Crippen LogP contribution in [0.1, 0.15) is 37.7 Å². The Labute approximate surface area is 135 Å². The van der Waals surface area contributed by atoms with Crippen LogP contribution in [-0.4, -0.2) is 30.4 Å². The van der Waals surface area contributed by atoms with Gasteiger partial charge in [-0.05, 0) is 30.9 Å². The summed E-state index contributed by atoms with van der Waals surface area (Å²) in [6.07, 6.45) is 5.27. The molecule has 6 nitrogen and oxygen atoms in total. The lowest BCUT2D eigenvalue weighted by Crippen LogP contribution is -2.24. The highest BCUT2D eigenvalue weighted by molar-refractivity contribution is 7.91. The molecule has 1 aromatic carbocycles. The maximum atomic E-state index is 12.6. The average molecular weight is 333 g/mol. The third-order valence-electron chi connectivity index (χ3n) is 4.75. The molecule has 2 heterocycles. The summed E-state index contributed by atoms with van der Waals surface area (Å²) in [6.45, 7) is 0.727. The van der Waals surface area contributed by atoms with Gasteiger partial charge in [0.1, 0.15) is 0 Å². The van der Waals surface area contributed by atoms with Gasteiger partial charge in [0.2, 0.25) is 9.84 Å². The normalized spacial score (nSPS) is 19.0. The van der Waals surface area contributed by atoms with Crippen LogP contribution >= 0.6 is 0 Å². The molecule has 4 rings (SSSR count). The van der Waals surface area contributed by atoms with E-state index in [-0.39, 0.29) is 16.5 Å². The topological polar surface area (TPSA) is 76.3 Å². The molecular formula is C16H19N3O3S. The molecule has 0 radical (unpaired) electrons. The monoisotopic (exact) mass is 333 g/mol. The second kappa shape index (κ2) is 5.63. The highest BCUT2D eigenvalue weighted by atomic mass is 32.2. The molecule has 7 heteroatoms. The van der Waals surface area contributed by atoms with E-state index in [4.69, 9.17) is 4.42 Å². The quantitative estimate of drug-likeness (QED) is 0.859. The van der Waals surface area contributed by atoms with Crippen molar-refractivity contribution >= 4 is 21.5 Å². The maximum Gasteiger partial charge on any atom is 0.337 e. The molecule has 0 saturated heterocycles. The summed E-state index contributed by atoms with van der Waals surface area (Å²) < 4.78 is 30.9. The minimum absolute atomic E-state index is 0.233. The molecule has 0 amide bonds. The fraction of sp³-hybridized carbons (Fsp3) is 0.500. The molecule has 1 aliphatic heterocycles. The fourth-order valence-electron chi connectivity index (χ4n) is 3.48. The number of sulfone groups is 1. The zero-order valence-corrected chi connectivity index (χ0v) is 13.6. The van der Waals surface area contributed by atoms with Gasteiger partial charge < -0.3 is 4.42 Å². The highest BCUT2D eigenvalue weighted by Crippen LogP contribution is 2.35. The van der Waals surface area contributed by atoms with Crippen molar-refractivity contribution in [2.24, 2.45) is 0 Å². The van der Waals surface area contributed by atoms with Crippen molar-refractivity contribution < 1.29 is 12.8 Å². The van der Waals surface area contributed by atoms with E-state index in [1.165, 1.54) is 5.56 Å². The summed E-state index contributed by atoms with van der Waals surface area (Å²) >= 11 is 0. The molecular weight excluding hydrogens is 314 g/mol. The van der Waals surface area contributed by atoms with Crippen molar-refractivity contribution in [3.63, 3.8) is 0 Å². The number of rotatable bonds is 3. The van der Waals surface area contributed by atoms with Crippen LogP contribution in [0.4, 0.5) is 11.7 Å². The molecule has 23 heavy (non-hydrogen) atoms. The van der Waals surface area contributed by atoms with Gasteiger partial charge in [0.25, 0.3) is 0 Å². The van der Waals surface area contributed by atoms with Crippen LogP contribution < -0.4 is 4.90 Å². The first-order chi connectivity index (χ1) is 11.2. The third kappa shape index (κ3) is 2.52. The zero-order chi connectivity index (χ0) is 15.9. The first kappa shape index (κ1) is 14.7. The number of benzene rings is 1. The number of fused-ring (bicyclic) bond motifs is 1. The van der Waals surface area contributed by atoms with Crippen molar-refractivity contribution in [2.45, 2.75) is 49.0 Å². The van der Waals surface area contributed by atoms with Crippen LogP contribution in [-0.2, 0) is 16.3 Å². The molecule has 1 aromatic heterocycles. The Morgan fingerprint density at radius 3 is 2.70 bits per heavy atom. The smallest absolute Gasteiger partial charge is 0.337 e. The van der Waals surface area contributed by atoms with Gasteiger partial charge in [-0.15, -0.1) is 0 Å². The van der Waals surface area contributed by atoms with Gasteiger partial charge in [-0.25, -0.2) is 8.42 Å². The van der Waals surface area contributed by atoms with Gasteiger partial charge in [-0.3, -0.25) is 4.90 Å². The standard InChI is InChI=1S/C16H19N3O3S/c20-23(21,13-7-2-1-3-8-13)16-18-17-15(22-16)19-11-10-12-6-4-5-9-14(12)19/h4-6,9,13H,1-3,7-8,10-11H2. The minimum Gasteiger partial charge on any atom is -0.394 e. The molecule has 0 spiro atoms. The van der Waals surface area contributed by atoms with E-state index in [1.807, 2.05) is 23.1 Å². The third-order valence-corrected chi connectivity index (χ3v) is 6.75. The summed E-state index contributed by atoms with van der Waals surface area (Å²) in [5, 5.41) is 7.21. The van der Waals surface area contributed by atoms with E-state index in [0.29, 0.717) is 12.8 Å². The molecule has 0 N–H and O–H groups in total. The maximum absolute atomic E-state index is 12.6. The largest absolute Gasteiger partial charge is 0.394 e. The zero-order valence-electron chi connectivity index (χ0n) is 12.8. The number of para-hydroxylation sites is 1. The van der Waals surface area contributed by atoms with Crippen molar-refractivity contribution in [3.8, 4) is 0 Å². The van der Waals surface area contributed by atoms with E-state index in [9.17, 15) is 8.42 Å². The van der Waals surface area contributed by atoms with Crippen LogP contribution in [0.2, 0.25) is 0 Å². The Bertz CT molecular complexity index is 809. The van der Waals surface area contributed by atoms with Crippen molar-refractivity contribution in [1.29, 1.82) is 0 Å². The Balaban J connectivity index is 1.62. The van der Waals surface area contributed by atoms with E-state index in [0.717, 1.165) is 37.9 Å². The van der Waals surface area contributed by atoms with Crippen molar-refractivity contribution in [1.82, 2.24) is 10.2 Å². The van der Waals surface area contributed by atoms with Crippen LogP contribution in [0.15, 0.2) is 33.9 Å². The molecule has 0 bridgehead atoms. The van der Waals surface area contributed by atoms with Gasteiger partial charge >= 0.3 is 11.2 Å². The number of hydrogen-bond acceptors (Lipinski definition) is 6. The Kier molecular flexibility index (Phi) is 3.60. The first-order valence-corrected chi connectivity index (χ1v) is 9.64. The molecule has 0 atom stereocenters. The van der Waals surface area contributed by atoms with Gasteiger partial charge in [-0.1, -0.05) is 47.7 Å². The van der Waals surface area contributed by atoms with E-state index in [2.05, 4.69) is 16.3 Å². The van der Waals surface area contributed by atoms with E-state index >= 15 is 0 Å². The van der Waals surface area contributed by atoms with E-state index < -0.39 is 9.84 Å². The lowest BCUT2D eigenvalue weighted by molar-refractivity contribution is 0.416. The van der Waals surface area contributed by atoms with Crippen molar-refractivity contribution in [3.05, 3.63) is 29.8 Å². The summed E-state index contributed by atoms with van der Waals surface area (Å²) in [7, 11) is -3.52. The molecule has 2 aromatic rings. The lowest BCUT2D eigenvalue weighted by atomic mass is 10.0. The van der Waals surface area contributed by atoms with Gasteiger partial charge in [0.05, 0.1) is 5.25 Å². The molecule has 2 aliphatic rings. The van der Waals surface area contributed by atoms with Crippen LogP contribution in [0, 0.1) is 0 Å². The van der Waals surface area contributed by atoms with Gasteiger partial charge in [-0.2, -0.15) is 0 Å². The van der Waals surface area contributed by atoms with Crippen LogP contribution in [0.5, 0.6) is 0 Å². The van der Waals surface area contributed by atoms with Crippen LogP contribution in [0.3, 0.4) is 0 Å². The molecule has 1 fully saturated rings. The van der Waals surface area contributed by atoms with Crippen LogP contribution in [0.25, 0.3) is 0 Å². The highest BCUT2D eigenvalue weighted by Gasteiger charge is 2.35. The predicted molar refractivity (Wildman–Crippen MR) is 85.5 cm³/mol. The second-order valence-electron chi connectivity index (χ2n) is 6.19. The summed E-state index contributed by atoms with van der Waals surface area (Å²) in [5.41, 5.74) is 2.22. The summed E-state index contributed by atoms with van der Waals surface area (Å²) in [4.78, 5) is 1.89. The summed E-state index contributed by atoms with van der Waals surface area (Å²) in [5.74, 6) is 0. The lowest BCUT2D eigenvalue weighted by Gasteiger charge is -2.19. The first-order valence-electron chi connectivity index (χ1n) is 8.09.